The number of aromatic nitrogens is 3. The number of furan rings is 3. The predicted molar refractivity (Wildman–Crippen MR) is 256 cm³/mol. The van der Waals surface area contributed by atoms with Crippen molar-refractivity contribution in [3.8, 4) is 33.8 Å². The first kappa shape index (κ1) is 42.1. The van der Waals surface area contributed by atoms with Crippen LogP contribution in [0.3, 0.4) is 0 Å². The standard InChI is InChI=1S/3C19H14NO.Ir/c3*1-12-6-7-14-15-4-3-5-16(19(15)21-18(14)11-12)17-10-13(2)8-9-20-17;/h3*3-4,6-11H,1-2H3;/q3*-1;+3. The van der Waals surface area contributed by atoms with Gasteiger partial charge < -0.3 is 28.2 Å². The van der Waals surface area contributed by atoms with Gasteiger partial charge in [0.25, 0.3) is 0 Å². The molecule has 0 fully saturated rings. The summed E-state index contributed by atoms with van der Waals surface area (Å²) in [6, 6.07) is 52.8. The third-order valence-electron chi connectivity index (χ3n) is 11.3. The molecule has 0 atom stereocenters. The summed E-state index contributed by atoms with van der Waals surface area (Å²) in [5.41, 5.74) is 17.9. The smallest absolute Gasteiger partial charge is 0.501 e. The van der Waals surface area contributed by atoms with Crippen LogP contribution in [0.25, 0.3) is 99.6 Å². The molecule has 0 radical (unpaired) electrons. The van der Waals surface area contributed by atoms with Crippen LogP contribution in [0.5, 0.6) is 0 Å². The van der Waals surface area contributed by atoms with E-state index in [0.29, 0.717) is 0 Å². The van der Waals surface area contributed by atoms with Gasteiger partial charge in [0.05, 0.1) is 16.7 Å². The summed E-state index contributed by atoms with van der Waals surface area (Å²) in [6.07, 6.45) is 5.47. The summed E-state index contributed by atoms with van der Waals surface area (Å²) in [7, 11) is 0. The molecule has 0 aliphatic heterocycles. The normalized spacial score (nSPS) is 11.2. The van der Waals surface area contributed by atoms with Crippen molar-refractivity contribution in [1.82, 2.24) is 15.0 Å². The first-order valence-electron chi connectivity index (χ1n) is 21.0. The molecule has 0 saturated carbocycles. The molecule has 0 bridgehead atoms. The fourth-order valence-corrected chi connectivity index (χ4v) is 8.14. The minimum atomic E-state index is 0. The Labute approximate surface area is 385 Å². The van der Waals surface area contributed by atoms with Crippen molar-refractivity contribution in [3.05, 3.63) is 198 Å². The van der Waals surface area contributed by atoms with Crippen LogP contribution in [0.2, 0.25) is 0 Å². The maximum absolute atomic E-state index is 6.09. The van der Waals surface area contributed by atoms with E-state index in [0.717, 1.165) is 99.6 Å². The van der Waals surface area contributed by atoms with Crippen LogP contribution in [0.15, 0.2) is 159 Å². The Morgan fingerprint density at radius 2 is 0.609 bits per heavy atom. The number of fused-ring (bicyclic) bond motifs is 9. The Hall–Kier alpha value is -7.18. The molecule has 12 aromatic rings. The molecular formula is C57H42IrN3O3. The van der Waals surface area contributed by atoms with Gasteiger partial charge in [-0.05, 0) is 112 Å². The Morgan fingerprint density at radius 1 is 0.328 bits per heavy atom. The zero-order valence-corrected chi connectivity index (χ0v) is 38.7. The Balaban J connectivity index is 0.000000121. The van der Waals surface area contributed by atoms with Crippen molar-refractivity contribution in [2.45, 2.75) is 41.5 Å². The third-order valence-corrected chi connectivity index (χ3v) is 11.3. The number of hydrogen-bond acceptors (Lipinski definition) is 6. The zero-order chi connectivity index (χ0) is 43.2. The van der Waals surface area contributed by atoms with Crippen LogP contribution in [-0.4, -0.2) is 15.0 Å². The molecule has 6 nitrogen and oxygen atoms in total. The first-order chi connectivity index (χ1) is 30.7. The average molecular weight is 1010 g/mol. The van der Waals surface area contributed by atoms with Crippen LogP contribution in [0.4, 0.5) is 0 Å². The minimum absolute atomic E-state index is 0. The first-order valence-corrected chi connectivity index (χ1v) is 21.0. The van der Waals surface area contributed by atoms with Crippen LogP contribution in [0.1, 0.15) is 33.4 Å². The Morgan fingerprint density at radius 3 is 0.891 bits per heavy atom. The summed E-state index contributed by atoms with van der Waals surface area (Å²) in [4.78, 5) is 13.4. The van der Waals surface area contributed by atoms with Crippen molar-refractivity contribution in [3.63, 3.8) is 0 Å². The molecular weight excluding hydrogens is 967 g/mol. The molecule has 0 aliphatic carbocycles. The van der Waals surface area contributed by atoms with Crippen molar-refractivity contribution >= 4 is 65.8 Å². The summed E-state index contributed by atoms with van der Waals surface area (Å²) in [5.74, 6) is 0. The Bertz CT molecular complexity index is 3290. The predicted octanol–water partition coefficient (Wildman–Crippen LogP) is 15.2. The van der Waals surface area contributed by atoms with Gasteiger partial charge in [-0.25, -0.2) is 0 Å². The summed E-state index contributed by atoms with van der Waals surface area (Å²) in [6.45, 7) is 12.4. The molecule has 12 rings (SSSR count). The fourth-order valence-electron chi connectivity index (χ4n) is 8.14. The van der Waals surface area contributed by atoms with Gasteiger partial charge in [0.1, 0.15) is 16.7 Å². The molecule has 0 amide bonds. The van der Waals surface area contributed by atoms with E-state index < -0.39 is 0 Å². The quantitative estimate of drug-likeness (QED) is 0.164. The second-order valence-electron chi connectivity index (χ2n) is 16.2. The molecule has 0 saturated heterocycles. The molecule has 6 aromatic carbocycles. The van der Waals surface area contributed by atoms with Crippen molar-refractivity contribution in [1.29, 1.82) is 0 Å². The van der Waals surface area contributed by atoms with Crippen LogP contribution < -0.4 is 0 Å². The van der Waals surface area contributed by atoms with Gasteiger partial charge in [0.2, 0.25) is 0 Å². The second kappa shape index (κ2) is 17.5. The van der Waals surface area contributed by atoms with E-state index >= 15 is 0 Å². The second-order valence-corrected chi connectivity index (χ2v) is 16.2. The van der Waals surface area contributed by atoms with E-state index in [9.17, 15) is 0 Å². The van der Waals surface area contributed by atoms with E-state index in [1.54, 1.807) is 0 Å². The summed E-state index contributed by atoms with van der Waals surface area (Å²) >= 11 is 0. The van der Waals surface area contributed by atoms with Gasteiger partial charge in [-0.2, -0.15) is 0 Å². The molecule has 0 N–H and O–H groups in total. The van der Waals surface area contributed by atoms with E-state index in [1.165, 1.54) is 33.4 Å². The van der Waals surface area contributed by atoms with E-state index in [1.807, 2.05) is 55.0 Å². The number of pyridine rings is 3. The third kappa shape index (κ3) is 8.12. The van der Waals surface area contributed by atoms with Gasteiger partial charge in [-0.15, -0.1) is 54.6 Å². The molecule has 0 unspecified atom stereocenters. The molecule has 0 spiro atoms. The molecule has 0 aliphatic rings. The van der Waals surface area contributed by atoms with Crippen molar-refractivity contribution < 1.29 is 33.4 Å². The maximum atomic E-state index is 6.09. The molecule has 7 heteroatoms. The van der Waals surface area contributed by atoms with E-state index in [4.69, 9.17) is 13.3 Å². The number of aryl methyl sites for hydroxylation is 6. The molecule has 6 aromatic heterocycles. The average Bonchev–Trinajstić information content (AvgIpc) is 3.97. The van der Waals surface area contributed by atoms with Gasteiger partial charge >= 0.3 is 20.1 Å². The van der Waals surface area contributed by atoms with Crippen LogP contribution in [0, 0.1) is 59.7 Å². The minimum Gasteiger partial charge on any atom is -0.501 e. The molecule has 64 heavy (non-hydrogen) atoms. The number of hydrogen-bond donors (Lipinski definition) is 0. The van der Waals surface area contributed by atoms with Gasteiger partial charge in [0, 0.05) is 34.7 Å². The summed E-state index contributed by atoms with van der Waals surface area (Å²) in [5, 5.41) is 6.75. The maximum Gasteiger partial charge on any atom is 3.00 e. The topological polar surface area (TPSA) is 78.1 Å². The number of rotatable bonds is 3. The van der Waals surface area contributed by atoms with Crippen molar-refractivity contribution in [2.75, 3.05) is 0 Å². The van der Waals surface area contributed by atoms with E-state index in [2.05, 4.69) is 166 Å². The number of nitrogens with zero attached hydrogens (tertiary/aromatic N) is 3. The zero-order valence-electron chi connectivity index (χ0n) is 36.3. The Kier molecular flexibility index (Phi) is 11.5. The molecule has 6 heterocycles. The summed E-state index contributed by atoms with van der Waals surface area (Å²) < 4.78 is 18.3. The van der Waals surface area contributed by atoms with E-state index in [-0.39, 0.29) is 20.1 Å². The molecule has 312 valence electrons. The number of benzene rings is 6. The van der Waals surface area contributed by atoms with Crippen LogP contribution >= 0.6 is 0 Å². The fraction of sp³-hybridized carbons (Fsp3) is 0.105. The van der Waals surface area contributed by atoms with Crippen LogP contribution in [-0.2, 0) is 20.1 Å². The largest absolute Gasteiger partial charge is 3.00 e. The monoisotopic (exact) mass is 1010 g/mol. The van der Waals surface area contributed by atoms with Gasteiger partial charge in [-0.3, -0.25) is 0 Å². The van der Waals surface area contributed by atoms with Gasteiger partial charge in [0.15, 0.2) is 0 Å². The van der Waals surface area contributed by atoms with Gasteiger partial charge in [-0.1, -0.05) is 104 Å². The van der Waals surface area contributed by atoms with Crippen molar-refractivity contribution in [2.24, 2.45) is 0 Å². The SMILES string of the molecule is Cc1ccnc(-c2[c-]ccc3c2oc2cc(C)ccc23)c1.Cc1ccnc(-c2[c-]ccc3c2oc2cc(C)ccc23)c1.Cc1ccnc(-c2[c-]ccc3c2oc2cc(C)ccc23)c1.[Ir+3].